The second-order valence-electron chi connectivity index (χ2n) is 4.29. The number of hydrogen-bond acceptors (Lipinski definition) is 4. The fourth-order valence-corrected chi connectivity index (χ4v) is 2.12. The molecule has 0 aliphatic heterocycles. The zero-order valence-corrected chi connectivity index (χ0v) is 10.6. The van der Waals surface area contributed by atoms with Crippen LogP contribution in [-0.2, 0) is 0 Å². The molecule has 0 saturated carbocycles. The number of imidazole rings is 1. The summed E-state index contributed by atoms with van der Waals surface area (Å²) >= 11 is 0. The molecule has 0 aliphatic rings. The Hall–Kier alpha value is -2.86. The van der Waals surface area contributed by atoms with Gasteiger partial charge in [-0.15, -0.1) is 0 Å². The van der Waals surface area contributed by atoms with Crippen LogP contribution in [0, 0.1) is 41.3 Å². The number of aromatic amines is 1. The molecule has 0 aliphatic carbocycles. The maximum atomic E-state index is 14.0. The third kappa shape index (κ3) is 2.32. The van der Waals surface area contributed by atoms with E-state index in [-0.39, 0.29) is 17.1 Å². The average Bonchev–Trinajstić information content (AvgIpc) is 2.76. The van der Waals surface area contributed by atoms with Crippen LogP contribution in [0.1, 0.15) is 23.0 Å². The summed E-state index contributed by atoms with van der Waals surface area (Å²) in [6.45, 7) is 1.62. The van der Waals surface area contributed by atoms with Crippen molar-refractivity contribution in [2.45, 2.75) is 12.8 Å². The Balaban J connectivity index is 2.64. The van der Waals surface area contributed by atoms with Crippen molar-refractivity contribution >= 4 is 0 Å². The molecule has 0 spiro atoms. The number of benzene rings is 1. The molecule has 1 aromatic heterocycles. The number of hydrogen-bond donors (Lipinski definition) is 2. The number of aromatic nitrogens is 2. The van der Waals surface area contributed by atoms with E-state index in [1.165, 1.54) is 18.2 Å². The van der Waals surface area contributed by atoms with Gasteiger partial charge in [-0.25, -0.2) is 4.39 Å². The molecule has 1 aromatic carbocycles. The second kappa shape index (κ2) is 5.41. The van der Waals surface area contributed by atoms with Crippen LogP contribution in [0.5, 0.6) is 5.88 Å². The summed E-state index contributed by atoms with van der Waals surface area (Å²) in [5, 5.41) is 28.0. The van der Waals surface area contributed by atoms with Gasteiger partial charge in [-0.05, 0) is 18.6 Å². The molecular weight excluding hydrogens is 259 g/mol. The van der Waals surface area contributed by atoms with Crippen LogP contribution < -0.4 is 0 Å². The standard InChI is InChI=1S/C14H11FN4O/c1-8-18-13(14(20)19-8)12(9(6-16)7-17)10-4-2-3-5-11(10)15/h2-5,9,12,20H,1H3,(H,18,19)/t12-/m0/s1. The lowest BCUT2D eigenvalue weighted by molar-refractivity contribution is 0.441. The van der Waals surface area contributed by atoms with Gasteiger partial charge in [0.05, 0.1) is 23.8 Å². The van der Waals surface area contributed by atoms with Crippen molar-refractivity contribution in [3.63, 3.8) is 0 Å². The van der Waals surface area contributed by atoms with Gasteiger partial charge in [0.2, 0.25) is 5.88 Å². The molecule has 1 heterocycles. The Morgan fingerprint density at radius 2 is 1.95 bits per heavy atom. The Morgan fingerprint density at radius 3 is 2.45 bits per heavy atom. The molecule has 2 rings (SSSR count). The number of nitrogens with one attached hydrogen (secondary N) is 1. The summed E-state index contributed by atoms with van der Waals surface area (Å²) in [6, 6.07) is 9.50. The van der Waals surface area contributed by atoms with E-state index >= 15 is 0 Å². The van der Waals surface area contributed by atoms with Crippen molar-refractivity contribution in [2.24, 2.45) is 5.92 Å². The Labute approximate surface area is 114 Å². The van der Waals surface area contributed by atoms with Crippen molar-refractivity contribution in [3.8, 4) is 18.0 Å². The first-order chi connectivity index (χ1) is 9.58. The minimum absolute atomic E-state index is 0.166. The minimum Gasteiger partial charge on any atom is -0.492 e. The molecule has 0 saturated heterocycles. The first-order valence-corrected chi connectivity index (χ1v) is 5.87. The Morgan fingerprint density at radius 1 is 1.30 bits per heavy atom. The van der Waals surface area contributed by atoms with Crippen LogP contribution in [0.4, 0.5) is 4.39 Å². The maximum Gasteiger partial charge on any atom is 0.233 e. The highest BCUT2D eigenvalue weighted by Gasteiger charge is 2.31. The van der Waals surface area contributed by atoms with Crippen molar-refractivity contribution < 1.29 is 9.50 Å². The quantitative estimate of drug-likeness (QED) is 0.894. The number of aryl methyl sites for hydroxylation is 1. The number of halogens is 1. The van der Waals surface area contributed by atoms with Crippen molar-refractivity contribution in [1.29, 1.82) is 10.5 Å². The van der Waals surface area contributed by atoms with Gasteiger partial charge in [-0.2, -0.15) is 15.5 Å². The molecule has 0 amide bonds. The summed E-state index contributed by atoms with van der Waals surface area (Å²) < 4.78 is 14.0. The highest BCUT2D eigenvalue weighted by Crippen LogP contribution is 2.36. The normalized spacial score (nSPS) is 11.8. The fraction of sp³-hybridized carbons (Fsp3) is 0.214. The number of rotatable bonds is 3. The number of nitrogens with zero attached hydrogens (tertiary/aromatic N) is 3. The molecule has 20 heavy (non-hydrogen) atoms. The fourth-order valence-electron chi connectivity index (χ4n) is 2.12. The zero-order valence-electron chi connectivity index (χ0n) is 10.6. The average molecular weight is 270 g/mol. The van der Waals surface area contributed by atoms with Crippen molar-refractivity contribution in [2.75, 3.05) is 0 Å². The van der Waals surface area contributed by atoms with Gasteiger partial charge in [0, 0.05) is 0 Å². The molecule has 100 valence electrons. The molecule has 2 N–H and O–H groups in total. The van der Waals surface area contributed by atoms with Gasteiger partial charge in [-0.1, -0.05) is 18.2 Å². The molecule has 5 nitrogen and oxygen atoms in total. The molecule has 2 aromatic rings. The van der Waals surface area contributed by atoms with Crippen LogP contribution in [0.25, 0.3) is 0 Å². The smallest absolute Gasteiger partial charge is 0.233 e. The van der Waals surface area contributed by atoms with Crippen LogP contribution >= 0.6 is 0 Å². The van der Waals surface area contributed by atoms with Gasteiger partial charge in [0.1, 0.15) is 17.6 Å². The van der Waals surface area contributed by atoms with Crippen LogP contribution in [-0.4, -0.2) is 15.1 Å². The first-order valence-electron chi connectivity index (χ1n) is 5.87. The van der Waals surface area contributed by atoms with Gasteiger partial charge in [-0.3, -0.25) is 0 Å². The Bertz CT molecular complexity index is 697. The lowest BCUT2D eigenvalue weighted by Crippen LogP contribution is -2.14. The minimum atomic E-state index is -1.14. The third-order valence-electron chi connectivity index (χ3n) is 2.99. The lowest BCUT2D eigenvalue weighted by Gasteiger charge is -2.17. The molecular formula is C14H11FN4O. The van der Waals surface area contributed by atoms with E-state index in [1.807, 2.05) is 12.1 Å². The lowest BCUT2D eigenvalue weighted by atomic mass is 9.85. The highest BCUT2D eigenvalue weighted by molar-refractivity contribution is 5.39. The third-order valence-corrected chi connectivity index (χ3v) is 2.99. The molecule has 0 bridgehead atoms. The van der Waals surface area contributed by atoms with E-state index < -0.39 is 17.7 Å². The SMILES string of the molecule is Cc1nc(O)c([C@H](c2ccccc2F)C(C#N)C#N)[nH]1. The summed E-state index contributed by atoms with van der Waals surface area (Å²) in [5.41, 5.74) is 0.334. The number of H-pyrrole nitrogens is 1. The van der Waals surface area contributed by atoms with E-state index in [9.17, 15) is 9.50 Å². The van der Waals surface area contributed by atoms with E-state index in [0.717, 1.165) is 0 Å². The molecule has 1 atom stereocenters. The maximum absolute atomic E-state index is 14.0. The first kappa shape index (κ1) is 13.6. The van der Waals surface area contributed by atoms with E-state index in [0.29, 0.717) is 5.82 Å². The second-order valence-corrected chi connectivity index (χ2v) is 4.29. The summed E-state index contributed by atoms with van der Waals surface area (Å²) in [5.74, 6) is -2.51. The predicted octanol–water partition coefficient (Wildman–Crippen LogP) is 2.36. The van der Waals surface area contributed by atoms with Gasteiger partial charge in [0.25, 0.3) is 0 Å². The zero-order chi connectivity index (χ0) is 14.7. The van der Waals surface area contributed by atoms with E-state index in [1.54, 1.807) is 13.0 Å². The van der Waals surface area contributed by atoms with E-state index in [2.05, 4.69) is 9.97 Å². The predicted molar refractivity (Wildman–Crippen MR) is 67.9 cm³/mol. The van der Waals surface area contributed by atoms with Gasteiger partial charge < -0.3 is 10.1 Å². The Kier molecular flexibility index (Phi) is 3.67. The molecule has 0 fully saturated rings. The van der Waals surface area contributed by atoms with Crippen molar-refractivity contribution in [1.82, 2.24) is 9.97 Å². The van der Waals surface area contributed by atoms with E-state index in [4.69, 9.17) is 10.5 Å². The molecule has 6 heteroatoms. The number of nitriles is 2. The monoisotopic (exact) mass is 270 g/mol. The van der Waals surface area contributed by atoms with Crippen LogP contribution in [0.2, 0.25) is 0 Å². The largest absolute Gasteiger partial charge is 0.492 e. The van der Waals surface area contributed by atoms with Crippen molar-refractivity contribution in [3.05, 3.63) is 47.2 Å². The molecule has 0 unspecified atom stereocenters. The highest BCUT2D eigenvalue weighted by atomic mass is 19.1. The topological polar surface area (TPSA) is 96.5 Å². The van der Waals surface area contributed by atoms with Gasteiger partial charge >= 0.3 is 0 Å². The van der Waals surface area contributed by atoms with Gasteiger partial charge in [0.15, 0.2) is 0 Å². The molecule has 0 radical (unpaired) electrons. The summed E-state index contributed by atoms with van der Waals surface area (Å²) in [6.07, 6.45) is 0. The number of aromatic hydroxyl groups is 1. The summed E-state index contributed by atoms with van der Waals surface area (Å²) in [4.78, 5) is 6.59. The van der Waals surface area contributed by atoms with Crippen LogP contribution in [0.3, 0.4) is 0 Å². The summed E-state index contributed by atoms with van der Waals surface area (Å²) in [7, 11) is 0. The van der Waals surface area contributed by atoms with Crippen LogP contribution in [0.15, 0.2) is 24.3 Å².